The monoisotopic (exact) mass is 355 g/mol. The number of aromatic nitrogens is 1. The number of rotatable bonds is 6. The number of pyridine rings is 1. The summed E-state index contributed by atoms with van der Waals surface area (Å²) in [6.45, 7) is 2.26. The lowest BCUT2D eigenvalue weighted by Gasteiger charge is -2.36. The summed E-state index contributed by atoms with van der Waals surface area (Å²) in [5, 5.41) is 3.37. The molecule has 6 heteroatoms. The molecule has 1 aromatic heterocycles. The summed E-state index contributed by atoms with van der Waals surface area (Å²) in [6.07, 6.45) is 4.63. The third kappa shape index (κ3) is 4.14. The molecule has 1 aliphatic heterocycles. The van der Waals surface area contributed by atoms with Gasteiger partial charge in [-0.05, 0) is 41.8 Å². The highest BCUT2D eigenvalue weighted by Gasteiger charge is 2.27. The maximum atomic E-state index is 12.9. The minimum Gasteiger partial charge on any atom is -0.497 e. The number of aryl methyl sites for hydroxylation is 1. The number of methoxy groups -OCH3 is 2. The Kier molecular flexibility index (Phi) is 6.07. The molecule has 1 unspecified atom stereocenters. The zero-order valence-electron chi connectivity index (χ0n) is 15.3. The molecule has 2 heterocycles. The number of piperazine rings is 1. The summed E-state index contributed by atoms with van der Waals surface area (Å²) in [5.74, 6) is 1.69. The Morgan fingerprint density at radius 2 is 2.19 bits per heavy atom. The number of amides is 1. The van der Waals surface area contributed by atoms with Crippen LogP contribution in [0.1, 0.15) is 23.6 Å². The number of nitrogens with zero attached hydrogens (tertiary/aromatic N) is 2. The van der Waals surface area contributed by atoms with Gasteiger partial charge in [-0.1, -0.05) is 6.07 Å². The van der Waals surface area contributed by atoms with Crippen LogP contribution in [0.5, 0.6) is 11.5 Å². The van der Waals surface area contributed by atoms with Crippen LogP contribution in [-0.2, 0) is 11.2 Å². The van der Waals surface area contributed by atoms with Gasteiger partial charge in [-0.3, -0.25) is 9.78 Å². The van der Waals surface area contributed by atoms with Gasteiger partial charge in [-0.25, -0.2) is 0 Å². The predicted octanol–water partition coefficient (Wildman–Crippen LogP) is 2.20. The summed E-state index contributed by atoms with van der Waals surface area (Å²) in [4.78, 5) is 19.1. The van der Waals surface area contributed by atoms with Gasteiger partial charge in [0.05, 0.1) is 20.3 Å². The Labute approximate surface area is 154 Å². The highest BCUT2D eigenvalue weighted by molar-refractivity contribution is 5.77. The number of carbonyl (C=O) groups excluding carboxylic acids is 1. The number of carbonyl (C=O) groups is 1. The van der Waals surface area contributed by atoms with E-state index in [1.807, 2.05) is 41.4 Å². The van der Waals surface area contributed by atoms with Crippen molar-refractivity contribution in [3.8, 4) is 11.5 Å². The smallest absolute Gasteiger partial charge is 0.223 e. The summed E-state index contributed by atoms with van der Waals surface area (Å²) in [7, 11) is 3.28. The van der Waals surface area contributed by atoms with Gasteiger partial charge in [-0.15, -0.1) is 0 Å². The lowest BCUT2D eigenvalue weighted by atomic mass is 10.0. The number of ether oxygens (including phenoxy) is 2. The molecule has 2 aromatic rings. The molecule has 138 valence electrons. The predicted molar refractivity (Wildman–Crippen MR) is 99.4 cm³/mol. The van der Waals surface area contributed by atoms with Crippen LogP contribution in [0.15, 0.2) is 42.7 Å². The summed E-state index contributed by atoms with van der Waals surface area (Å²) < 4.78 is 10.7. The van der Waals surface area contributed by atoms with Gasteiger partial charge in [0.1, 0.15) is 11.5 Å². The van der Waals surface area contributed by atoms with Crippen LogP contribution in [0.2, 0.25) is 0 Å². The van der Waals surface area contributed by atoms with Crippen LogP contribution in [0.3, 0.4) is 0 Å². The van der Waals surface area contributed by atoms with Crippen LogP contribution < -0.4 is 14.8 Å². The summed E-state index contributed by atoms with van der Waals surface area (Å²) in [6, 6.07) is 9.63. The van der Waals surface area contributed by atoms with Crippen molar-refractivity contribution in [2.45, 2.75) is 18.9 Å². The van der Waals surface area contributed by atoms with E-state index in [2.05, 4.69) is 10.3 Å². The second kappa shape index (κ2) is 8.67. The topological polar surface area (TPSA) is 63.7 Å². The number of hydrogen-bond donors (Lipinski definition) is 1. The zero-order chi connectivity index (χ0) is 18.4. The van der Waals surface area contributed by atoms with Gasteiger partial charge < -0.3 is 19.7 Å². The molecule has 0 spiro atoms. The lowest BCUT2D eigenvalue weighted by Crippen LogP contribution is -2.48. The third-order valence-electron chi connectivity index (χ3n) is 4.73. The molecule has 1 aromatic carbocycles. The van der Waals surface area contributed by atoms with Crippen molar-refractivity contribution < 1.29 is 14.3 Å². The molecular weight excluding hydrogens is 330 g/mol. The normalized spacial score (nSPS) is 17.0. The van der Waals surface area contributed by atoms with Crippen LogP contribution in [-0.4, -0.2) is 49.6 Å². The second-order valence-electron chi connectivity index (χ2n) is 6.27. The highest BCUT2D eigenvalue weighted by Crippen LogP contribution is 2.27. The van der Waals surface area contributed by atoms with Gasteiger partial charge in [0, 0.05) is 38.4 Å². The first-order valence-electron chi connectivity index (χ1n) is 8.84. The van der Waals surface area contributed by atoms with Gasteiger partial charge in [0.2, 0.25) is 5.91 Å². The quantitative estimate of drug-likeness (QED) is 0.861. The fourth-order valence-electron chi connectivity index (χ4n) is 3.34. The Morgan fingerprint density at radius 1 is 1.31 bits per heavy atom. The molecule has 0 radical (unpaired) electrons. The van der Waals surface area contributed by atoms with E-state index in [4.69, 9.17) is 9.47 Å². The molecule has 6 nitrogen and oxygen atoms in total. The molecule has 3 rings (SSSR count). The molecular formula is C20H25N3O3. The minimum atomic E-state index is 0.0251. The molecule has 1 saturated heterocycles. The van der Waals surface area contributed by atoms with Crippen molar-refractivity contribution in [1.29, 1.82) is 0 Å². The van der Waals surface area contributed by atoms with E-state index in [1.54, 1.807) is 20.4 Å². The van der Waals surface area contributed by atoms with Gasteiger partial charge in [-0.2, -0.15) is 0 Å². The number of nitrogens with one attached hydrogen (secondary N) is 1. The van der Waals surface area contributed by atoms with Crippen molar-refractivity contribution in [2.75, 3.05) is 33.9 Å². The fourth-order valence-corrected chi connectivity index (χ4v) is 3.34. The molecule has 1 amide bonds. The number of benzene rings is 1. The largest absolute Gasteiger partial charge is 0.497 e. The molecule has 0 saturated carbocycles. The van der Waals surface area contributed by atoms with Crippen LogP contribution in [0.4, 0.5) is 0 Å². The van der Waals surface area contributed by atoms with Crippen LogP contribution >= 0.6 is 0 Å². The zero-order valence-corrected chi connectivity index (χ0v) is 15.3. The Hall–Kier alpha value is -2.60. The Morgan fingerprint density at radius 3 is 2.92 bits per heavy atom. The van der Waals surface area contributed by atoms with E-state index in [9.17, 15) is 4.79 Å². The van der Waals surface area contributed by atoms with Crippen molar-refractivity contribution in [3.63, 3.8) is 0 Å². The van der Waals surface area contributed by atoms with E-state index >= 15 is 0 Å². The van der Waals surface area contributed by atoms with Gasteiger partial charge in [0.15, 0.2) is 0 Å². The third-order valence-corrected chi connectivity index (χ3v) is 4.73. The van der Waals surface area contributed by atoms with Crippen LogP contribution in [0.25, 0.3) is 0 Å². The van der Waals surface area contributed by atoms with Gasteiger partial charge >= 0.3 is 0 Å². The van der Waals surface area contributed by atoms with Gasteiger partial charge in [0.25, 0.3) is 0 Å². The minimum absolute atomic E-state index is 0.0251. The molecule has 26 heavy (non-hydrogen) atoms. The van der Waals surface area contributed by atoms with E-state index in [-0.39, 0.29) is 11.9 Å². The molecule has 1 N–H and O–H groups in total. The standard InChI is InChI=1S/C20H25N3O3/c1-25-17-6-7-19(26-2)15(12-17)5-8-20(24)23-11-10-22-14-18(23)16-4-3-9-21-13-16/h3-4,6-7,9,12-13,18,22H,5,8,10-11,14H2,1-2H3. The molecule has 1 aliphatic rings. The first kappa shape index (κ1) is 18.2. The van der Waals surface area contributed by atoms with Crippen molar-refractivity contribution >= 4 is 5.91 Å². The molecule has 0 bridgehead atoms. The Bertz CT molecular complexity index is 736. The maximum Gasteiger partial charge on any atom is 0.223 e. The Balaban J connectivity index is 1.70. The average Bonchev–Trinajstić information content (AvgIpc) is 2.72. The van der Waals surface area contributed by atoms with E-state index in [0.29, 0.717) is 19.4 Å². The highest BCUT2D eigenvalue weighted by atomic mass is 16.5. The maximum absolute atomic E-state index is 12.9. The fraction of sp³-hybridized carbons (Fsp3) is 0.400. The van der Waals surface area contributed by atoms with E-state index < -0.39 is 0 Å². The summed E-state index contributed by atoms with van der Waals surface area (Å²) >= 11 is 0. The van der Waals surface area contributed by atoms with E-state index in [0.717, 1.165) is 35.7 Å². The van der Waals surface area contributed by atoms with Crippen molar-refractivity contribution in [1.82, 2.24) is 15.2 Å². The first-order chi connectivity index (χ1) is 12.7. The second-order valence-corrected chi connectivity index (χ2v) is 6.27. The molecule has 0 aliphatic carbocycles. The molecule has 1 atom stereocenters. The van der Waals surface area contributed by atoms with Crippen LogP contribution in [0, 0.1) is 0 Å². The first-order valence-corrected chi connectivity index (χ1v) is 8.84. The SMILES string of the molecule is COc1ccc(OC)c(CCC(=O)N2CCNCC2c2cccnc2)c1. The molecule has 1 fully saturated rings. The van der Waals surface area contributed by atoms with Crippen molar-refractivity contribution in [2.24, 2.45) is 0 Å². The lowest BCUT2D eigenvalue weighted by molar-refractivity contribution is -0.134. The van der Waals surface area contributed by atoms with E-state index in [1.165, 1.54) is 0 Å². The average molecular weight is 355 g/mol. The summed E-state index contributed by atoms with van der Waals surface area (Å²) in [5.41, 5.74) is 2.04. The number of hydrogen-bond acceptors (Lipinski definition) is 5. The van der Waals surface area contributed by atoms with Crippen molar-refractivity contribution in [3.05, 3.63) is 53.9 Å².